The van der Waals surface area contributed by atoms with Crippen LogP contribution in [0.1, 0.15) is 12.5 Å². The van der Waals surface area contributed by atoms with Gasteiger partial charge in [0.15, 0.2) is 0 Å². The number of carbonyl (C=O) groups excluding carboxylic acids is 1. The van der Waals surface area contributed by atoms with E-state index in [-0.39, 0.29) is 11.6 Å². The summed E-state index contributed by atoms with van der Waals surface area (Å²) in [4.78, 5) is 12.4. The maximum Gasteiger partial charge on any atom is 0.264 e. The molecule has 2 aromatic rings. The summed E-state index contributed by atoms with van der Waals surface area (Å²) >= 11 is 0. The van der Waals surface area contributed by atoms with Crippen LogP contribution in [0.15, 0.2) is 41.3 Å². The number of rotatable bonds is 3. The molecular weight excluding hydrogens is 338 g/mol. The molecule has 1 amide bonds. The fourth-order valence-electron chi connectivity index (χ4n) is 2.66. The quantitative estimate of drug-likeness (QED) is 0.924. The zero-order chi connectivity index (χ0) is 17.5. The van der Waals surface area contributed by atoms with Gasteiger partial charge in [-0.05, 0) is 42.3 Å². The largest absolute Gasteiger partial charge is 0.312 e. The van der Waals surface area contributed by atoms with E-state index in [0.717, 1.165) is 17.7 Å². The fourth-order valence-corrected chi connectivity index (χ4v) is 3.80. The Morgan fingerprint density at radius 1 is 1.17 bits per heavy atom. The van der Waals surface area contributed by atoms with Crippen LogP contribution in [0.5, 0.6) is 0 Å². The third-order valence-electron chi connectivity index (χ3n) is 3.80. The summed E-state index contributed by atoms with van der Waals surface area (Å²) in [6.07, 6.45) is 0.681. The molecule has 0 aliphatic carbocycles. The molecule has 0 saturated carbocycles. The summed E-state index contributed by atoms with van der Waals surface area (Å²) in [5.41, 5.74) is 1.71. The standard InChI is InChI=1S/C16H14F2N2O3S/c1-10(21)20-7-6-11-2-4-13(9-15(11)20)19-24(22,23)16-8-12(17)3-5-14(16)18/h2-5,8-9,19H,6-7H2,1H3. The minimum atomic E-state index is -4.29. The predicted octanol–water partition coefficient (Wildman–Crippen LogP) is 2.67. The number of fused-ring (bicyclic) bond motifs is 1. The third-order valence-corrected chi connectivity index (χ3v) is 5.19. The van der Waals surface area contributed by atoms with Crippen molar-refractivity contribution in [1.82, 2.24) is 0 Å². The van der Waals surface area contributed by atoms with E-state index < -0.39 is 26.6 Å². The van der Waals surface area contributed by atoms with Crippen molar-refractivity contribution in [2.75, 3.05) is 16.2 Å². The first kappa shape index (κ1) is 16.4. The van der Waals surface area contributed by atoms with Crippen molar-refractivity contribution in [3.63, 3.8) is 0 Å². The summed E-state index contributed by atoms with van der Waals surface area (Å²) in [6, 6.07) is 6.96. The molecule has 1 heterocycles. The van der Waals surface area contributed by atoms with Crippen molar-refractivity contribution in [2.45, 2.75) is 18.2 Å². The highest BCUT2D eigenvalue weighted by molar-refractivity contribution is 7.92. The normalized spacial score (nSPS) is 13.7. The molecule has 24 heavy (non-hydrogen) atoms. The summed E-state index contributed by atoms with van der Waals surface area (Å²) in [5, 5.41) is 0. The van der Waals surface area contributed by atoms with Gasteiger partial charge >= 0.3 is 0 Å². The SMILES string of the molecule is CC(=O)N1CCc2ccc(NS(=O)(=O)c3cc(F)ccc3F)cc21. The van der Waals surface area contributed by atoms with Crippen molar-refractivity contribution < 1.29 is 22.0 Å². The highest BCUT2D eigenvalue weighted by atomic mass is 32.2. The van der Waals surface area contributed by atoms with Gasteiger partial charge in [0, 0.05) is 19.2 Å². The first-order valence-electron chi connectivity index (χ1n) is 7.17. The molecule has 1 aliphatic rings. The van der Waals surface area contributed by atoms with Gasteiger partial charge in [-0.3, -0.25) is 9.52 Å². The van der Waals surface area contributed by atoms with Gasteiger partial charge in [-0.2, -0.15) is 0 Å². The van der Waals surface area contributed by atoms with Gasteiger partial charge in [0.2, 0.25) is 5.91 Å². The third kappa shape index (κ3) is 2.96. The lowest BCUT2D eigenvalue weighted by molar-refractivity contribution is -0.116. The van der Waals surface area contributed by atoms with E-state index in [1.807, 2.05) is 0 Å². The number of benzene rings is 2. The summed E-state index contributed by atoms with van der Waals surface area (Å²) in [5.74, 6) is -2.05. The van der Waals surface area contributed by atoms with Crippen LogP contribution in [0.2, 0.25) is 0 Å². The minimum Gasteiger partial charge on any atom is -0.312 e. The van der Waals surface area contributed by atoms with Crippen LogP contribution in [-0.2, 0) is 21.2 Å². The van der Waals surface area contributed by atoms with Gasteiger partial charge in [-0.25, -0.2) is 17.2 Å². The molecule has 1 aliphatic heterocycles. The summed E-state index contributed by atoms with van der Waals surface area (Å²) in [6.45, 7) is 1.95. The lowest BCUT2D eigenvalue weighted by Crippen LogP contribution is -2.25. The Morgan fingerprint density at radius 2 is 1.92 bits per heavy atom. The van der Waals surface area contributed by atoms with Gasteiger partial charge in [0.25, 0.3) is 10.0 Å². The Bertz CT molecular complexity index is 929. The smallest absolute Gasteiger partial charge is 0.264 e. The Kier molecular flexibility index (Phi) is 4.00. The highest BCUT2D eigenvalue weighted by Crippen LogP contribution is 2.32. The van der Waals surface area contributed by atoms with Crippen LogP contribution in [0.4, 0.5) is 20.2 Å². The molecule has 5 nitrogen and oxygen atoms in total. The topological polar surface area (TPSA) is 66.5 Å². The second kappa shape index (κ2) is 5.86. The molecule has 0 saturated heterocycles. The van der Waals surface area contributed by atoms with Crippen molar-refractivity contribution in [3.8, 4) is 0 Å². The minimum absolute atomic E-state index is 0.148. The van der Waals surface area contributed by atoms with Crippen molar-refractivity contribution in [1.29, 1.82) is 0 Å². The second-order valence-electron chi connectivity index (χ2n) is 5.44. The molecular formula is C16H14F2N2O3S. The molecule has 1 N–H and O–H groups in total. The Balaban J connectivity index is 1.95. The molecule has 0 fully saturated rings. The number of hydrogen-bond donors (Lipinski definition) is 1. The zero-order valence-corrected chi connectivity index (χ0v) is 13.5. The number of amides is 1. The zero-order valence-electron chi connectivity index (χ0n) is 12.7. The van der Waals surface area contributed by atoms with Crippen molar-refractivity contribution >= 4 is 27.3 Å². The van der Waals surface area contributed by atoms with Crippen LogP contribution in [0.25, 0.3) is 0 Å². The van der Waals surface area contributed by atoms with Crippen LogP contribution >= 0.6 is 0 Å². The number of anilines is 2. The molecule has 0 spiro atoms. The van der Waals surface area contributed by atoms with E-state index in [2.05, 4.69) is 4.72 Å². The number of hydrogen-bond acceptors (Lipinski definition) is 3. The molecule has 0 atom stereocenters. The van der Waals surface area contributed by atoms with E-state index in [0.29, 0.717) is 24.7 Å². The molecule has 2 aromatic carbocycles. The first-order chi connectivity index (χ1) is 11.3. The van der Waals surface area contributed by atoms with Crippen molar-refractivity contribution in [2.24, 2.45) is 0 Å². The van der Waals surface area contributed by atoms with Crippen LogP contribution in [-0.4, -0.2) is 20.9 Å². The predicted molar refractivity (Wildman–Crippen MR) is 85.3 cm³/mol. The second-order valence-corrected chi connectivity index (χ2v) is 7.10. The fraction of sp³-hybridized carbons (Fsp3) is 0.188. The lowest BCUT2D eigenvalue weighted by Gasteiger charge is -2.16. The molecule has 0 aromatic heterocycles. The van der Waals surface area contributed by atoms with Gasteiger partial charge in [0.1, 0.15) is 16.5 Å². The number of nitrogens with one attached hydrogen (secondary N) is 1. The first-order valence-corrected chi connectivity index (χ1v) is 8.65. The van der Waals surface area contributed by atoms with Crippen LogP contribution in [0.3, 0.4) is 0 Å². The van der Waals surface area contributed by atoms with Crippen LogP contribution in [0, 0.1) is 11.6 Å². The molecule has 126 valence electrons. The monoisotopic (exact) mass is 352 g/mol. The number of sulfonamides is 1. The van der Waals surface area contributed by atoms with E-state index in [1.54, 1.807) is 6.07 Å². The van der Waals surface area contributed by atoms with Gasteiger partial charge in [0.05, 0.1) is 5.69 Å². The Labute approximate surface area is 138 Å². The molecule has 3 rings (SSSR count). The highest BCUT2D eigenvalue weighted by Gasteiger charge is 2.24. The Morgan fingerprint density at radius 3 is 2.62 bits per heavy atom. The van der Waals surface area contributed by atoms with Gasteiger partial charge in [-0.1, -0.05) is 6.07 Å². The van der Waals surface area contributed by atoms with E-state index in [1.165, 1.54) is 24.0 Å². The molecule has 0 unspecified atom stereocenters. The van der Waals surface area contributed by atoms with E-state index >= 15 is 0 Å². The molecule has 0 radical (unpaired) electrons. The maximum atomic E-state index is 13.7. The average molecular weight is 352 g/mol. The Hall–Kier alpha value is -2.48. The van der Waals surface area contributed by atoms with Crippen LogP contribution < -0.4 is 9.62 Å². The van der Waals surface area contributed by atoms with Gasteiger partial charge < -0.3 is 4.90 Å². The van der Waals surface area contributed by atoms with E-state index in [9.17, 15) is 22.0 Å². The number of nitrogens with zero attached hydrogens (tertiary/aromatic N) is 1. The molecule has 0 bridgehead atoms. The number of carbonyl (C=O) groups is 1. The summed E-state index contributed by atoms with van der Waals surface area (Å²) < 4.78 is 53.8. The summed E-state index contributed by atoms with van der Waals surface area (Å²) in [7, 11) is -4.29. The van der Waals surface area contributed by atoms with Crippen molar-refractivity contribution in [3.05, 3.63) is 53.6 Å². The maximum absolute atomic E-state index is 13.7. The lowest BCUT2D eigenvalue weighted by atomic mass is 10.1. The number of halogens is 2. The van der Waals surface area contributed by atoms with Gasteiger partial charge in [-0.15, -0.1) is 0 Å². The average Bonchev–Trinajstić information content (AvgIpc) is 2.92. The molecule has 8 heteroatoms. The van der Waals surface area contributed by atoms with E-state index in [4.69, 9.17) is 0 Å².